The van der Waals surface area contributed by atoms with Crippen LogP contribution < -0.4 is 15.9 Å². The molecule has 1 unspecified atom stereocenters. The summed E-state index contributed by atoms with van der Waals surface area (Å²) < 4.78 is 8.70. The first-order valence-corrected chi connectivity index (χ1v) is 11.9. The summed E-state index contributed by atoms with van der Waals surface area (Å²) >= 11 is 0. The van der Waals surface area contributed by atoms with E-state index in [1.54, 1.807) is 28.4 Å². The van der Waals surface area contributed by atoms with Gasteiger partial charge in [-0.15, -0.1) is 0 Å². The third kappa shape index (κ3) is 5.32. The fraction of sp³-hybridized carbons (Fsp3) is 0.462. The number of pyridine rings is 1. The molecule has 1 atom stereocenters. The lowest BCUT2D eigenvalue weighted by Gasteiger charge is -2.28. The zero-order valence-electron chi connectivity index (χ0n) is 20.7. The number of nitriles is 1. The highest BCUT2D eigenvalue weighted by atomic mass is 16.6. The largest absolute Gasteiger partial charge is 0.444 e. The Hall–Kier alpha value is -3.80. The molecule has 2 aromatic heterocycles. The van der Waals surface area contributed by atoms with E-state index in [4.69, 9.17) is 4.74 Å². The number of carbonyl (C=O) groups excluding carboxylic acids is 1. The topological polar surface area (TPSA) is 105 Å². The second-order valence-electron chi connectivity index (χ2n) is 9.98. The average Bonchev–Trinajstić information content (AvgIpc) is 2.95. The van der Waals surface area contributed by atoms with E-state index in [1.807, 2.05) is 45.0 Å². The van der Waals surface area contributed by atoms with Gasteiger partial charge in [-0.2, -0.15) is 5.26 Å². The Morgan fingerprint density at radius 1 is 1.26 bits per heavy atom. The Balaban J connectivity index is 1.71. The number of alkyl carbamates (subject to hydrolysis) is 1. The van der Waals surface area contributed by atoms with Crippen LogP contribution in [-0.2, 0) is 18.3 Å². The van der Waals surface area contributed by atoms with Gasteiger partial charge in [-0.05, 0) is 57.7 Å². The van der Waals surface area contributed by atoms with Gasteiger partial charge < -0.3 is 15.0 Å². The smallest absolute Gasteiger partial charge is 0.407 e. The molecule has 4 rings (SSSR count). The lowest BCUT2D eigenvalue weighted by molar-refractivity contribution is 0.0504. The van der Waals surface area contributed by atoms with Gasteiger partial charge in [0, 0.05) is 32.4 Å². The summed E-state index contributed by atoms with van der Waals surface area (Å²) in [6, 6.07) is 11.4. The van der Waals surface area contributed by atoms with E-state index in [2.05, 4.69) is 21.3 Å². The van der Waals surface area contributed by atoms with E-state index < -0.39 is 11.7 Å². The molecule has 0 radical (unpaired) electrons. The van der Waals surface area contributed by atoms with Gasteiger partial charge in [0.1, 0.15) is 11.1 Å². The van der Waals surface area contributed by atoms with Crippen molar-refractivity contribution < 1.29 is 9.53 Å². The molecule has 184 valence electrons. The summed E-state index contributed by atoms with van der Waals surface area (Å²) in [6.45, 7) is 7.20. The van der Waals surface area contributed by atoms with Crippen molar-refractivity contribution >= 4 is 22.9 Å². The molecule has 0 aliphatic carbocycles. The van der Waals surface area contributed by atoms with E-state index in [-0.39, 0.29) is 18.3 Å². The van der Waals surface area contributed by atoms with E-state index >= 15 is 0 Å². The van der Waals surface area contributed by atoms with Gasteiger partial charge >= 0.3 is 11.8 Å². The first-order chi connectivity index (χ1) is 16.7. The minimum atomic E-state index is -0.564. The van der Waals surface area contributed by atoms with Crippen LogP contribution in [0.5, 0.6) is 0 Å². The minimum Gasteiger partial charge on any atom is -0.444 e. The number of amides is 1. The third-order valence-corrected chi connectivity index (χ3v) is 6.19. The molecule has 35 heavy (non-hydrogen) atoms. The molecular weight excluding hydrogens is 444 g/mol. The molecule has 1 aliphatic heterocycles. The summed E-state index contributed by atoms with van der Waals surface area (Å²) in [5.74, 6) is 0. The molecule has 0 bridgehead atoms. The lowest BCUT2D eigenvalue weighted by atomic mass is 10.1. The maximum atomic E-state index is 13.2. The molecule has 1 saturated heterocycles. The molecule has 0 spiro atoms. The summed E-state index contributed by atoms with van der Waals surface area (Å²) in [4.78, 5) is 32.4. The van der Waals surface area contributed by atoms with Crippen LogP contribution in [0.2, 0.25) is 0 Å². The SMILES string of the molecule is Cn1c(=O)n(Cc2ccccc2C#N)c2c(N3CCCCC(NC(=O)OC(C)(C)C)C3)ccnc21. The van der Waals surface area contributed by atoms with Crippen LogP contribution in [0.3, 0.4) is 0 Å². The maximum absolute atomic E-state index is 13.2. The van der Waals surface area contributed by atoms with E-state index in [9.17, 15) is 14.9 Å². The van der Waals surface area contributed by atoms with Gasteiger partial charge in [-0.3, -0.25) is 9.13 Å². The highest BCUT2D eigenvalue weighted by Gasteiger charge is 2.26. The van der Waals surface area contributed by atoms with Crippen molar-refractivity contribution in [2.24, 2.45) is 7.05 Å². The van der Waals surface area contributed by atoms with Crippen molar-refractivity contribution in [3.8, 4) is 6.07 Å². The van der Waals surface area contributed by atoms with Crippen LogP contribution >= 0.6 is 0 Å². The summed E-state index contributed by atoms with van der Waals surface area (Å²) in [7, 11) is 1.71. The Kier molecular flexibility index (Phi) is 6.83. The van der Waals surface area contributed by atoms with Gasteiger partial charge in [-0.1, -0.05) is 18.2 Å². The Labute approximate surface area is 204 Å². The molecule has 1 N–H and O–H groups in total. The molecule has 1 amide bonds. The number of hydrogen-bond donors (Lipinski definition) is 1. The average molecular weight is 477 g/mol. The zero-order chi connectivity index (χ0) is 25.2. The van der Waals surface area contributed by atoms with Crippen molar-refractivity contribution in [1.82, 2.24) is 19.4 Å². The van der Waals surface area contributed by atoms with Crippen LogP contribution in [-0.4, -0.2) is 44.9 Å². The monoisotopic (exact) mass is 476 g/mol. The van der Waals surface area contributed by atoms with Crippen LogP contribution in [0.4, 0.5) is 10.5 Å². The number of aromatic nitrogens is 3. The molecule has 0 saturated carbocycles. The first kappa shape index (κ1) is 24.3. The number of nitrogens with one attached hydrogen (secondary N) is 1. The van der Waals surface area contributed by atoms with Gasteiger partial charge in [0.05, 0.1) is 23.9 Å². The standard InChI is InChI=1S/C26H32N6O3/c1-26(2,3)35-24(33)29-20-11-7-8-14-31(17-20)21-12-13-28-23-22(21)32(25(34)30(23)4)16-19-10-6-5-9-18(19)15-27/h5-6,9-10,12-13,20H,7-8,11,14,16-17H2,1-4H3,(H,29,33). The summed E-state index contributed by atoms with van der Waals surface area (Å²) in [5.41, 5.74) is 2.77. The van der Waals surface area contributed by atoms with Crippen molar-refractivity contribution in [3.05, 3.63) is 58.1 Å². The van der Waals surface area contributed by atoms with Gasteiger partial charge in [0.2, 0.25) is 0 Å². The molecule has 9 heteroatoms. The van der Waals surface area contributed by atoms with Crippen LogP contribution in [0.25, 0.3) is 11.2 Å². The zero-order valence-corrected chi connectivity index (χ0v) is 20.7. The number of anilines is 1. The fourth-order valence-corrected chi connectivity index (χ4v) is 4.60. The van der Waals surface area contributed by atoms with Crippen molar-refractivity contribution in [2.75, 3.05) is 18.0 Å². The second kappa shape index (κ2) is 9.82. The van der Waals surface area contributed by atoms with Crippen LogP contribution in [0.1, 0.15) is 51.2 Å². The number of aryl methyl sites for hydroxylation is 1. The number of carbonyl (C=O) groups is 1. The highest BCUT2D eigenvalue weighted by Crippen LogP contribution is 2.28. The first-order valence-electron chi connectivity index (χ1n) is 11.9. The predicted octanol–water partition coefficient (Wildman–Crippen LogP) is 3.54. The normalized spacial score (nSPS) is 16.5. The minimum absolute atomic E-state index is 0.0845. The van der Waals surface area contributed by atoms with Gasteiger partial charge in [0.25, 0.3) is 0 Å². The maximum Gasteiger partial charge on any atom is 0.407 e. The van der Waals surface area contributed by atoms with Crippen molar-refractivity contribution in [3.63, 3.8) is 0 Å². The Morgan fingerprint density at radius 2 is 2.03 bits per heavy atom. The van der Waals surface area contributed by atoms with Crippen LogP contribution in [0.15, 0.2) is 41.3 Å². The molecule has 1 aromatic carbocycles. The van der Waals surface area contributed by atoms with Crippen LogP contribution in [0, 0.1) is 11.3 Å². The number of fused-ring (bicyclic) bond motifs is 1. The Morgan fingerprint density at radius 3 is 2.77 bits per heavy atom. The lowest BCUT2D eigenvalue weighted by Crippen LogP contribution is -2.44. The number of hydrogen-bond acceptors (Lipinski definition) is 6. The summed E-state index contributed by atoms with van der Waals surface area (Å²) in [6.07, 6.45) is 4.08. The molecule has 3 heterocycles. The van der Waals surface area contributed by atoms with Gasteiger partial charge in [-0.25, -0.2) is 14.6 Å². The van der Waals surface area contributed by atoms with E-state index in [1.165, 1.54) is 0 Å². The molecule has 3 aromatic rings. The van der Waals surface area contributed by atoms with E-state index in [0.717, 1.165) is 42.6 Å². The highest BCUT2D eigenvalue weighted by molar-refractivity contribution is 5.87. The van der Waals surface area contributed by atoms with E-state index in [0.29, 0.717) is 17.8 Å². The Bertz CT molecular complexity index is 1330. The number of imidazole rings is 1. The molecule has 1 aliphatic rings. The van der Waals surface area contributed by atoms with Gasteiger partial charge in [0.15, 0.2) is 5.65 Å². The molecular formula is C26H32N6O3. The second-order valence-corrected chi connectivity index (χ2v) is 9.98. The quantitative estimate of drug-likeness (QED) is 0.618. The van der Waals surface area contributed by atoms with Crippen molar-refractivity contribution in [1.29, 1.82) is 5.26 Å². The number of rotatable bonds is 4. The summed E-state index contributed by atoms with van der Waals surface area (Å²) in [5, 5.41) is 12.6. The molecule has 9 nitrogen and oxygen atoms in total. The predicted molar refractivity (Wildman–Crippen MR) is 134 cm³/mol. The van der Waals surface area contributed by atoms with Crippen molar-refractivity contribution in [2.45, 2.75) is 58.2 Å². The third-order valence-electron chi connectivity index (χ3n) is 6.19. The number of ether oxygens (including phenoxy) is 1. The fourth-order valence-electron chi connectivity index (χ4n) is 4.60. The number of nitrogens with zero attached hydrogens (tertiary/aromatic N) is 5. The molecule has 1 fully saturated rings. The number of benzene rings is 1.